The molecule has 29 heavy (non-hydrogen) atoms. The fourth-order valence-corrected chi connectivity index (χ4v) is 3.82. The van der Waals surface area contributed by atoms with Crippen LogP contribution in [0.15, 0.2) is 24.3 Å². The van der Waals surface area contributed by atoms with Gasteiger partial charge in [-0.25, -0.2) is 4.79 Å². The molecule has 7 nitrogen and oxygen atoms in total. The summed E-state index contributed by atoms with van der Waals surface area (Å²) in [6.07, 6.45) is 1.23. The van der Waals surface area contributed by atoms with Crippen molar-refractivity contribution in [3.05, 3.63) is 41.2 Å². The molecule has 0 bridgehead atoms. The highest BCUT2D eigenvalue weighted by Gasteiger charge is 2.36. The van der Waals surface area contributed by atoms with E-state index in [1.54, 1.807) is 6.92 Å². The van der Waals surface area contributed by atoms with Crippen LogP contribution in [0.5, 0.6) is 11.5 Å². The van der Waals surface area contributed by atoms with Crippen molar-refractivity contribution >= 4 is 11.9 Å². The van der Waals surface area contributed by atoms with Crippen molar-refractivity contribution in [2.24, 2.45) is 0 Å². The second-order valence-corrected chi connectivity index (χ2v) is 7.48. The second kappa shape index (κ2) is 8.19. The van der Waals surface area contributed by atoms with Crippen LogP contribution in [0, 0.1) is 13.8 Å². The summed E-state index contributed by atoms with van der Waals surface area (Å²) in [5, 5.41) is 2.87. The zero-order chi connectivity index (χ0) is 21.2. The number of benzene rings is 1. The van der Waals surface area contributed by atoms with E-state index in [9.17, 15) is 9.59 Å². The molecule has 0 fully saturated rings. The number of aryl methyl sites for hydroxylation is 1. The van der Waals surface area contributed by atoms with Gasteiger partial charge >= 0.3 is 5.97 Å². The number of methoxy groups -OCH3 is 1. The van der Waals surface area contributed by atoms with Gasteiger partial charge in [0, 0.05) is 23.1 Å². The summed E-state index contributed by atoms with van der Waals surface area (Å²) in [5.74, 6) is 0.652. The highest BCUT2D eigenvalue weighted by atomic mass is 16.6. The monoisotopic (exact) mass is 400 g/mol. The van der Waals surface area contributed by atoms with Crippen LogP contribution in [-0.4, -0.2) is 42.3 Å². The third-order valence-electron chi connectivity index (χ3n) is 5.24. The molecule has 1 aromatic carbocycles. The van der Waals surface area contributed by atoms with Gasteiger partial charge in [-0.3, -0.25) is 4.79 Å². The lowest BCUT2D eigenvalue weighted by Gasteiger charge is -2.27. The lowest BCUT2D eigenvalue weighted by Crippen LogP contribution is -2.52. The van der Waals surface area contributed by atoms with E-state index in [0.717, 1.165) is 23.5 Å². The minimum Gasteiger partial charge on any atom is -0.486 e. The van der Waals surface area contributed by atoms with Gasteiger partial charge in [-0.05, 0) is 45.4 Å². The van der Waals surface area contributed by atoms with Crippen LogP contribution in [-0.2, 0) is 9.53 Å². The third-order valence-corrected chi connectivity index (χ3v) is 5.24. The molecular formula is C22H28N2O5. The number of rotatable bonds is 6. The first-order valence-corrected chi connectivity index (χ1v) is 9.80. The van der Waals surface area contributed by atoms with Crippen molar-refractivity contribution in [1.29, 1.82) is 0 Å². The molecule has 0 aliphatic carbocycles. The molecule has 0 saturated carbocycles. The molecule has 3 rings (SSSR count). The lowest BCUT2D eigenvalue weighted by molar-refractivity contribution is -0.147. The topological polar surface area (TPSA) is 78.8 Å². The highest BCUT2D eigenvalue weighted by molar-refractivity contribution is 5.99. The molecule has 1 atom stereocenters. The van der Waals surface area contributed by atoms with Crippen molar-refractivity contribution in [3.63, 3.8) is 0 Å². The summed E-state index contributed by atoms with van der Waals surface area (Å²) >= 11 is 0. The van der Waals surface area contributed by atoms with Crippen molar-refractivity contribution in [3.8, 4) is 17.2 Å². The number of ether oxygens (including phenoxy) is 3. The molecule has 1 aliphatic rings. The average Bonchev–Trinajstić information content (AvgIpc) is 3.01. The number of esters is 1. The van der Waals surface area contributed by atoms with Gasteiger partial charge in [0.15, 0.2) is 11.5 Å². The summed E-state index contributed by atoms with van der Waals surface area (Å²) in [6, 6.07) is 7.54. The Morgan fingerprint density at radius 3 is 2.52 bits per heavy atom. The summed E-state index contributed by atoms with van der Waals surface area (Å²) in [4.78, 5) is 25.3. The van der Waals surface area contributed by atoms with Gasteiger partial charge in [0.1, 0.15) is 18.8 Å². The second-order valence-electron chi connectivity index (χ2n) is 7.48. The smallest absolute Gasteiger partial charge is 0.331 e. The van der Waals surface area contributed by atoms with Crippen LogP contribution in [0.4, 0.5) is 0 Å². The van der Waals surface area contributed by atoms with E-state index in [1.165, 1.54) is 7.11 Å². The van der Waals surface area contributed by atoms with E-state index >= 15 is 0 Å². The molecule has 7 heteroatoms. The van der Waals surface area contributed by atoms with Crippen molar-refractivity contribution in [1.82, 2.24) is 9.88 Å². The quantitative estimate of drug-likeness (QED) is 0.753. The predicted octanol–water partition coefficient (Wildman–Crippen LogP) is 3.33. The van der Waals surface area contributed by atoms with Crippen molar-refractivity contribution in [2.45, 2.75) is 46.1 Å². The summed E-state index contributed by atoms with van der Waals surface area (Å²) in [7, 11) is 1.33. The van der Waals surface area contributed by atoms with Crippen LogP contribution < -0.4 is 14.8 Å². The van der Waals surface area contributed by atoms with Gasteiger partial charge in [0.05, 0.1) is 12.7 Å². The van der Waals surface area contributed by atoms with Gasteiger partial charge in [-0.15, -0.1) is 0 Å². The molecule has 1 aliphatic heterocycles. The van der Waals surface area contributed by atoms with E-state index in [1.807, 2.05) is 49.6 Å². The van der Waals surface area contributed by atoms with Crippen LogP contribution in [0.25, 0.3) is 5.69 Å². The molecule has 0 saturated heterocycles. The van der Waals surface area contributed by atoms with Crippen molar-refractivity contribution in [2.75, 3.05) is 20.3 Å². The van der Waals surface area contributed by atoms with Crippen LogP contribution in [0.1, 0.15) is 48.4 Å². The standard InChI is InChI=1S/C22H28N2O5/c1-6-9-22(4,21(26)27-5)23-20(25)17-12-14(2)24(15(17)3)16-7-8-18-19(13-16)29-11-10-28-18/h7-8,12-13H,6,9-11H2,1-5H3,(H,23,25). The van der Waals surface area contributed by atoms with Gasteiger partial charge in [-0.2, -0.15) is 0 Å². The number of carbonyl (C=O) groups is 2. The Bertz CT molecular complexity index is 934. The van der Waals surface area contributed by atoms with Gasteiger partial charge < -0.3 is 24.1 Å². The number of fused-ring (bicyclic) bond motifs is 1. The fourth-order valence-electron chi connectivity index (χ4n) is 3.82. The van der Waals surface area contributed by atoms with Gasteiger partial charge in [0.2, 0.25) is 0 Å². The first-order chi connectivity index (χ1) is 13.8. The maximum Gasteiger partial charge on any atom is 0.331 e. The van der Waals surface area contributed by atoms with E-state index in [2.05, 4.69) is 5.32 Å². The molecule has 1 amide bonds. The lowest BCUT2D eigenvalue weighted by atomic mass is 9.95. The first kappa shape index (κ1) is 20.8. The van der Waals surface area contributed by atoms with Gasteiger partial charge in [-0.1, -0.05) is 13.3 Å². The molecule has 1 aromatic heterocycles. The minimum atomic E-state index is -1.07. The Balaban J connectivity index is 1.93. The summed E-state index contributed by atoms with van der Waals surface area (Å²) in [6.45, 7) is 8.52. The summed E-state index contributed by atoms with van der Waals surface area (Å²) in [5.41, 5.74) is 2.01. The van der Waals surface area contributed by atoms with E-state index in [0.29, 0.717) is 36.7 Å². The Morgan fingerprint density at radius 1 is 1.17 bits per heavy atom. The molecule has 156 valence electrons. The van der Waals surface area contributed by atoms with Crippen LogP contribution >= 0.6 is 0 Å². The normalized spacial score (nSPS) is 14.8. The van der Waals surface area contributed by atoms with Crippen molar-refractivity contribution < 1.29 is 23.8 Å². The zero-order valence-corrected chi connectivity index (χ0v) is 17.6. The SMILES string of the molecule is CCCC(C)(NC(=O)c1cc(C)n(-c2ccc3c(c2)OCCO3)c1C)C(=O)OC. The maximum atomic E-state index is 13.0. The molecular weight excluding hydrogens is 372 g/mol. The number of aromatic nitrogens is 1. The average molecular weight is 400 g/mol. The molecule has 2 heterocycles. The van der Waals surface area contributed by atoms with E-state index < -0.39 is 11.5 Å². The zero-order valence-electron chi connectivity index (χ0n) is 17.6. The Kier molecular flexibility index (Phi) is 5.86. The Labute approximate surface area is 170 Å². The predicted molar refractivity (Wildman–Crippen MR) is 109 cm³/mol. The third kappa shape index (κ3) is 3.95. The molecule has 1 N–H and O–H groups in total. The number of hydrogen-bond donors (Lipinski definition) is 1. The molecule has 0 radical (unpaired) electrons. The van der Waals surface area contributed by atoms with E-state index in [4.69, 9.17) is 14.2 Å². The molecule has 2 aromatic rings. The Hall–Kier alpha value is -2.96. The maximum absolute atomic E-state index is 13.0. The highest BCUT2D eigenvalue weighted by Crippen LogP contribution is 2.33. The Morgan fingerprint density at radius 2 is 1.86 bits per heavy atom. The molecule has 0 spiro atoms. The summed E-state index contributed by atoms with van der Waals surface area (Å²) < 4.78 is 18.2. The van der Waals surface area contributed by atoms with E-state index in [-0.39, 0.29) is 5.91 Å². The number of amides is 1. The molecule has 1 unspecified atom stereocenters. The minimum absolute atomic E-state index is 0.303. The fraction of sp³-hybridized carbons (Fsp3) is 0.455. The van der Waals surface area contributed by atoms with Crippen LogP contribution in [0.3, 0.4) is 0 Å². The van der Waals surface area contributed by atoms with Gasteiger partial charge in [0.25, 0.3) is 5.91 Å². The van der Waals surface area contributed by atoms with Crippen LogP contribution in [0.2, 0.25) is 0 Å². The number of carbonyl (C=O) groups excluding carboxylic acids is 2. The number of hydrogen-bond acceptors (Lipinski definition) is 5. The largest absolute Gasteiger partial charge is 0.486 e. The number of nitrogens with one attached hydrogen (secondary N) is 1. The number of nitrogens with zero attached hydrogens (tertiary/aromatic N) is 1. The first-order valence-electron chi connectivity index (χ1n) is 9.80.